The summed E-state index contributed by atoms with van der Waals surface area (Å²) >= 11 is 1.89. The molecule has 1 saturated heterocycles. The van der Waals surface area contributed by atoms with Crippen molar-refractivity contribution in [1.29, 1.82) is 0 Å². The Bertz CT molecular complexity index is 802. The lowest BCUT2D eigenvalue weighted by Crippen LogP contribution is -2.33. The van der Waals surface area contributed by atoms with Crippen LogP contribution < -0.4 is 0 Å². The van der Waals surface area contributed by atoms with E-state index in [4.69, 9.17) is 4.98 Å². The summed E-state index contributed by atoms with van der Waals surface area (Å²) in [5.41, 5.74) is 3.64. The van der Waals surface area contributed by atoms with Gasteiger partial charge >= 0.3 is 0 Å². The Labute approximate surface area is 153 Å². The summed E-state index contributed by atoms with van der Waals surface area (Å²) in [7, 11) is 4.25. The smallest absolute Gasteiger partial charge is 0.124 e. The molecule has 3 heterocycles. The first kappa shape index (κ1) is 16.8. The third-order valence-electron chi connectivity index (χ3n) is 4.90. The summed E-state index contributed by atoms with van der Waals surface area (Å²) in [5.74, 6) is 1.13. The molecule has 1 aliphatic rings. The van der Waals surface area contributed by atoms with E-state index in [0.717, 1.165) is 36.5 Å². The monoisotopic (exact) mass is 354 g/mol. The molecule has 1 aliphatic heterocycles. The molecule has 1 aromatic carbocycles. The molecule has 4 rings (SSSR count). The molecule has 132 valence electrons. The molecule has 2 aromatic heterocycles. The van der Waals surface area contributed by atoms with Gasteiger partial charge in [-0.05, 0) is 62.6 Å². The van der Waals surface area contributed by atoms with Gasteiger partial charge < -0.3 is 9.88 Å². The number of nitrogens with zero attached hydrogens (tertiary/aromatic N) is 3. The van der Waals surface area contributed by atoms with E-state index >= 15 is 0 Å². The zero-order valence-corrected chi connectivity index (χ0v) is 15.9. The lowest BCUT2D eigenvalue weighted by atomic mass is 10.0. The number of H-pyrrole nitrogens is 1. The molecule has 0 radical (unpaired) electrons. The summed E-state index contributed by atoms with van der Waals surface area (Å²) in [5, 5.41) is 2.30. The van der Waals surface area contributed by atoms with Crippen LogP contribution in [0.4, 0.5) is 0 Å². The average molecular weight is 355 g/mol. The molecule has 3 aromatic rings. The summed E-state index contributed by atoms with van der Waals surface area (Å²) in [6, 6.07) is 11.1. The predicted molar refractivity (Wildman–Crippen MR) is 105 cm³/mol. The van der Waals surface area contributed by atoms with E-state index in [2.05, 4.69) is 64.6 Å². The maximum atomic E-state index is 4.87. The Balaban J connectivity index is 1.53. The minimum Gasteiger partial charge on any atom is -0.341 e. The Morgan fingerprint density at radius 1 is 1.28 bits per heavy atom. The van der Waals surface area contributed by atoms with Gasteiger partial charge in [0.05, 0.1) is 17.1 Å². The van der Waals surface area contributed by atoms with E-state index in [1.54, 1.807) is 0 Å². The number of rotatable bonds is 5. The summed E-state index contributed by atoms with van der Waals surface area (Å²) in [6.45, 7) is 3.20. The van der Waals surface area contributed by atoms with Crippen LogP contribution in [0.5, 0.6) is 0 Å². The highest BCUT2D eigenvalue weighted by Crippen LogP contribution is 2.32. The molecule has 1 fully saturated rings. The molecule has 25 heavy (non-hydrogen) atoms. The van der Waals surface area contributed by atoms with Crippen molar-refractivity contribution >= 4 is 22.4 Å². The van der Waals surface area contributed by atoms with E-state index in [0.29, 0.717) is 6.04 Å². The van der Waals surface area contributed by atoms with Crippen LogP contribution in [0.25, 0.3) is 11.0 Å². The molecule has 1 atom stereocenters. The number of benzene rings is 1. The van der Waals surface area contributed by atoms with Gasteiger partial charge in [-0.1, -0.05) is 18.6 Å². The SMILES string of the molecule is CN(C)Cc1csc(CN2CCCCC2c2nc3ccccc3[nH]2)c1. The number of aromatic nitrogens is 2. The molecule has 0 bridgehead atoms. The van der Waals surface area contributed by atoms with Crippen LogP contribution in [0.3, 0.4) is 0 Å². The van der Waals surface area contributed by atoms with Crippen molar-refractivity contribution in [3.05, 3.63) is 52.0 Å². The quantitative estimate of drug-likeness (QED) is 0.737. The van der Waals surface area contributed by atoms with Gasteiger partial charge in [0, 0.05) is 18.0 Å². The first-order chi connectivity index (χ1) is 12.2. The Morgan fingerprint density at radius 3 is 3.00 bits per heavy atom. The van der Waals surface area contributed by atoms with Crippen LogP contribution in [0.15, 0.2) is 35.7 Å². The number of hydrogen-bond acceptors (Lipinski definition) is 4. The molecule has 4 nitrogen and oxygen atoms in total. The molecule has 1 unspecified atom stereocenters. The standard InChI is InChI=1S/C20H26N4S/c1-23(2)12-15-11-16(25-14-15)13-24-10-6-5-9-19(24)20-21-17-7-3-4-8-18(17)22-20/h3-4,7-8,11,14,19H,5-6,9-10,12-13H2,1-2H3,(H,21,22). The highest BCUT2D eigenvalue weighted by atomic mass is 32.1. The highest BCUT2D eigenvalue weighted by Gasteiger charge is 2.26. The number of fused-ring (bicyclic) bond motifs is 1. The fraction of sp³-hybridized carbons (Fsp3) is 0.450. The van der Waals surface area contributed by atoms with E-state index in [-0.39, 0.29) is 0 Å². The average Bonchev–Trinajstić information content (AvgIpc) is 3.21. The lowest BCUT2D eigenvalue weighted by Gasteiger charge is -2.34. The van der Waals surface area contributed by atoms with Gasteiger partial charge in [0.25, 0.3) is 0 Å². The second kappa shape index (κ2) is 7.28. The molecule has 5 heteroatoms. The fourth-order valence-corrected chi connectivity index (χ4v) is 4.68. The van der Waals surface area contributed by atoms with Gasteiger partial charge in [0.1, 0.15) is 5.82 Å². The number of aromatic amines is 1. The third kappa shape index (κ3) is 3.78. The number of likely N-dealkylation sites (tertiary alicyclic amines) is 1. The molecule has 0 spiro atoms. The highest BCUT2D eigenvalue weighted by molar-refractivity contribution is 7.10. The van der Waals surface area contributed by atoms with Gasteiger partial charge in [-0.25, -0.2) is 4.98 Å². The molecule has 0 aliphatic carbocycles. The molecular weight excluding hydrogens is 328 g/mol. The second-order valence-corrected chi connectivity index (χ2v) is 8.28. The lowest BCUT2D eigenvalue weighted by molar-refractivity contribution is 0.136. The Morgan fingerprint density at radius 2 is 2.16 bits per heavy atom. The Kier molecular flexibility index (Phi) is 4.88. The second-order valence-electron chi connectivity index (χ2n) is 7.28. The Hall–Kier alpha value is -1.69. The minimum atomic E-state index is 0.403. The topological polar surface area (TPSA) is 35.2 Å². The number of nitrogens with one attached hydrogen (secondary N) is 1. The van der Waals surface area contributed by atoms with Crippen molar-refractivity contribution in [3.8, 4) is 0 Å². The van der Waals surface area contributed by atoms with Crippen molar-refractivity contribution in [2.24, 2.45) is 0 Å². The van der Waals surface area contributed by atoms with Gasteiger partial charge in [-0.2, -0.15) is 0 Å². The van der Waals surface area contributed by atoms with Crippen LogP contribution >= 0.6 is 11.3 Å². The van der Waals surface area contributed by atoms with Crippen LogP contribution in [0, 0.1) is 0 Å². The number of hydrogen-bond donors (Lipinski definition) is 1. The van der Waals surface area contributed by atoms with Crippen molar-refractivity contribution in [2.75, 3.05) is 20.6 Å². The first-order valence-corrected chi connectivity index (χ1v) is 9.97. The molecular formula is C20H26N4S. The van der Waals surface area contributed by atoms with Crippen molar-refractivity contribution in [2.45, 2.75) is 38.4 Å². The largest absolute Gasteiger partial charge is 0.341 e. The van der Waals surface area contributed by atoms with Crippen molar-refractivity contribution in [3.63, 3.8) is 0 Å². The van der Waals surface area contributed by atoms with Crippen LogP contribution in [0.2, 0.25) is 0 Å². The van der Waals surface area contributed by atoms with Gasteiger partial charge in [-0.3, -0.25) is 4.90 Å². The fourth-order valence-electron chi connectivity index (χ4n) is 3.78. The number of imidazole rings is 1. The molecule has 0 amide bonds. The zero-order valence-electron chi connectivity index (χ0n) is 15.0. The van der Waals surface area contributed by atoms with E-state index < -0.39 is 0 Å². The number of piperidine rings is 1. The molecule has 1 N–H and O–H groups in total. The van der Waals surface area contributed by atoms with Crippen molar-refractivity contribution < 1.29 is 0 Å². The maximum Gasteiger partial charge on any atom is 0.124 e. The summed E-state index contributed by atoms with van der Waals surface area (Å²) < 4.78 is 0. The third-order valence-corrected chi connectivity index (χ3v) is 5.87. The first-order valence-electron chi connectivity index (χ1n) is 9.09. The van der Waals surface area contributed by atoms with Crippen molar-refractivity contribution in [1.82, 2.24) is 19.8 Å². The summed E-state index contributed by atoms with van der Waals surface area (Å²) in [6.07, 6.45) is 3.76. The van der Waals surface area contributed by atoms with E-state index in [1.165, 1.54) is 29.7 Å². The van der Waals surface area contributed by atoms with Crippen LogP contribution in [0.1, 0.15) is 41.6 Å². The van der Waals surface area contributed by atoms with Gasteiger partial charge in [0.15, 0.2) is 0 Å². The number of thiophene rings is 1. The minimum absolute atomic E-state index is 0.403. The summed E-state index contributed by atoms with van der Waals surface area (Å²) in [4.78, 5) is 14.7. The number of para-hydroxylation sites is 2. The predicted octanol–water partition coefficient (Wildman–Crippen LogP) is 4.41. The van der Waals surface area contributed by atoms with Crippen LogP contribution in [-0.2, 0) is 13.1 Å². The van der Waals surface area contributed by atoms with Gasteiger partial charge in [0.2, 0.25) is 0 Å². The zero-order chi connectivity index (χ0) is 17.2. The van der Waals surface area contributed by atoms with Crippen LogP contribution in [-0.4, -0.2) is 40.4 Å². The van der Waals surface area contributed by atoms with E-state index in [1.807, 2.05) is 11.3 Å². The van der Waals surface area contributed by atoms with Gasteiger partial charge in [-0.15, -0.1) is 11.3 Å². The van der Waals surface area contributed by atoms with E-state index in [9.17, 15) is 0 Å². The normalized spacial score (nSPS) is 19.1. The molecule has 0 saturated carbocycles. The maximum absolute atomic E-state index is 4.87.